The molecule has 1 aromatic carbocycles. The highest BCUT2D eigenvalue weighted by atomic mass is 16.6. The van der Waals surface area contributed by atoms with Crippen molar-refractivity contribution in [2.75, 3.05) is 0 Å². The molecule has 0 radical (unpaired) electrons. The maximum absolute atomic E-state index is 13.0. The minimum Gasteiger partial charge on any atom is -0.444 e. The molecule has 5 nitrogen and oxygen atoms in total. The number of benzene rings is 1. The second-order valence-electron chi connectivity index (χ2n) is 8.68. The van der Waals surface area contributed by atoms with Gasteiger partial charge in [0.1, 0.15) is 12.6 Å². The van der Waals surface area contributed by atoms with Crippen LogP contribution in [0.5, 0.6) is 0 Å². The number of esters is 1. The monoisotopic (exact) mass is 362 g/mol. The lowest BCUT2D eigenvalue weighted by atomic mass is 9.82. The number of hydrogen-bond donors (Lipinski definition) is 0. The lowest BCUT2D eigenvalue weighted by Gasteiger charge is -2.35. The maximum atomic E-state index is 13.0. The molecule has 0 unspecified atom stereocenters. The van der Waals surface area contributed by atoms with Gasteiger partial charge in [-0.25, -0.2) is 9.59 Å². The standard InChI is InChI=1S/C21H31NO4/c1-7-21(5,6)13-16-17(23)26-18(20(2,3)4)22(16)19(24)25-14-15-11-9-8-10-12-15/h8-12,16,18H,7,13-14H2,1-6H3/t16-,18-/m0/s1/i16D. The van der Waals surface area contributed by atoms with Gasteiger partial charge in [0, 0.05) is 5.41 Å². The Kier molecular flexibility index (Phi) is 5.54. The van der Waals surface area contributed by atoms with Gasteiger partial charge in [-0.15, -0.1) is 0 Å². The van der Waals surface area contributed by atoms with Crippen LogP contribution in [0.25, 0.3) is 0 Å². The molecule has 1 aliphatic heterocycles. The third kappa shape index (κ3) is 4.77. The summed E-state index contributed by atoms with van der Waals surface area (Å²) in [5, 5.41) is 0. The van der Waals surface area contributed by atoms with E-state index in [1.54, 1.807) is 0 Å². The van der Waals surface area contributed by atoms with Gasteiger partial charge in [-0.1, -0.05) is 78.3 Å². The average molecular weight is 362 g/mol. The largest absolute Gasteiger partial charge is 0.444 e. The molecule has 144 valence electrons. The fourth-order valence-electron chi connectivity index (χ4n) is 2.76. The first-order chi connectivity index (χ1) is 12.4. The lowest BCUT2D eigenvalue weighted by molar-refractivity contribution is -0.147. The van der Waals surface area contributed by atoms with Crippen molar-refractivity contribution in [1.82, 2.24) is 4.90 Å². The van der Waals surface area contributed by atoms with Gasteiger partial charge in [-0.05, 0) is 17.4 Å². The summed E-state index contributed by atoms with van der Waals surface area (Å²) in [6, 6.07) is 7.52. The Bertz CT molecular complexity index is 683. The van der Waals surface area contributed by atoms with E-state index in [9.17, 15) is 9.59 Å². The number of amides is 1. The number of hydrogen-bond acceptors (Lipinski definition) is 4. The molecule has 2 atom stereocenters. The van der Waals surface area contributed by atoms with Gasteiger partial charge in [0.05, 0.1) is 1.37 Å². The van der Waals surface area contributed by atoms with Crippen LogP contribution in [-0.4, -0.2) is 29.2 Å². The van der Waals surface area contributed by atoms with Crippen LogP contribution in [0.4, 0.5) is 4.79 Å². The Hall–Kier alpha value is -2.04. The second-order valence-corrected chi connectivity index (χ2v) is 8.68. The topological polar surface area (TPSA) is 55.8 Å². The van der Waals surface area contributed by atoms with Crippen molar-refractivity contribution < 1.29 is 20.4 Å². The fraction of sp³-hybridized carbons (Fsp3) is 0.619. The Morgan fingerprint density at radius 3 is 2.38 bits per heavy atom. The number of carbonyl (C=O) groups is 2. The molecule has 0 bridgehead atoms. The van der Waals surface area contributed by atoms with E-state index in [1.807, 2.05) is 71.9 Å². The number of ether oxygens (including phenoxy) is 2. The molecular weight excluding hydrogens is 330 g/mol. The van der Waals surface area contributed by atoms with Crippen molar-refractivity contribution in [2.24, 2.45) is 10.8 Å². The van der Waals surface area contributed by atoms with E-state index in [0.29, 0.717) is 0 Å². The summed E-state index contributed by atoms with van der Waals surface area (Å²) in [7, 11) is 0. The lowest BCUT2D eigenvalue weighted by Crippen LogP contribution is -2.49. The summed E-state index contributed by atoms with van der Waals surface area (Å²) >= 11 is 0. The van der Waals surface area contributed by atoms with Crippen LogP contribution in [0, 0.1) is 10.8 Å². The number of cyclic esters (lactones) is 1. The van der Waals surface area contributed by atoms with E-state index in [2.05, 4.69) is 0 Å². The van der Waals surface area contributed by atoms with Crippen molar-refractivity contribution >= 4 is 12.1 Å². The molecular formula is C21H31NO4. The molecule has 1 heterocycles. The highest BCUT2D eigenvalue weighted by Crippen LogP contribution is 2.38. The van der Waals surface area contributed by atoms with E-state index in [1.165, 1.54) is 4.90 Å². The number of rotatable bonds is 5. The zero-order valence-electron chi connectivity index (χ0n) is 17.7. The molecule has 0 aliphatic carbocycles. The fourth-order valence-corrected chi connectivity index (χ4v) is 2.76. The van der Waals surface area contributed by atoms with Crippen LogP contribution in [0.3, 0.4) is 0 Å². The highest BCUT2D eigenvalue weighted by Gasteiger charge is 2.51. The third-order valence-corrected chi connectivity index (χ3v) is 4.73. The summed E-state index contributed by atoms with van der Waals surface area (Å²) in [4.78, 5) is 26.8. The van der Waals surface area contributed by atoms with Crippen LogP contribution in [0.2, 0.25) is 0 Å². The quantitative estimate of drug-likeness (QED) is 0.709. The van der Waals surface area contributed by atoms with Crippen LogP contribution in [0.1, 0.15) is 61.3 Å². The minimum absolute atomic E-state index is 0.0779. The first kappa shape index (κ1) is 18.7. The van der Waals surface area contributed by atoms with Crippen LogP contribution < -0.4 is 0 Å². The zero-order valence-corrected chi connectivity index (χ0v) is 16.7. The second kappa shape index (κ2) is 7.68. The molecule has 0 aromatic heterocycles. The van der Waals surface area contributed by atoms with Crippen molar-refractivity contribution in [1.29, 1.82) is 0 Å². The third-order valence-electron chi connectivity index (χ3n) is 4.73. The molecule has 5 heteroatoms. The van der Waals surface area contributed by atoms with Crippen molar-refractivity contribution in [3.05, 3.63) is 35.9 Å². The predicted octanol–water partition coefficient (Wildman–Crippen LogP) is 4.75. The molecule has 26 heavy (non-hydrogen) atoms. The van der Waals surface area contributed by atoms with Crippen LogP contribution >= 0.6 is 0 Å². The summed E-state index contributed by atoms with van der Waals surface area (Å²) in [6.45, 7) is 11.7. The Labute approximate surface area is 158 Å². The first-order valence-electron chi connectivity index (χ1n) is 9.62. The zero-order chi connectivity index (χ0) is 20.5. The van der Waals surface area contributed by atoms with E-state index in [0.717, 1.165) is 12.0 Å². The number of nitrogens with zero attached hydrogens (tertiary/aromatic N) is 1. The van der Waals surface area contributed by atoms with E-state index >= 15 is 0 Å². The molecule has 1 aliphatic rings. The van der Waals surface area contributed by atoms with Gasteiger partial charge < -0.3 is 9.47 Å². The van der Waals surface area contributed by atoms with Crippen molar-refractivity contribution in [3.8, 4) is 0 Å². The van der Waals surface area contributed by atoms with Gasteiger partial charge in [0.2, 0.25) is 0 Å². The average Bonchev–Trinajstić information content (AvgIpc) is 2.84. The molecule has 0 N–H and O–H groups in total. The summed E-state index contributed by atoms with van der Waals surface area (Å²) in [5.74, 6) is -0.694. The Morgan fingerprint density at radius 1 is 1.23 bits per heavy atom. The molecule has 0 spiro atoms. The van der Waals surface area contributed by atoms with Crippen LogP contribution in [0.15, 0.2) is 30.3 Å². The van der Waals surface area contributed by atoms with Crippen molar-refractivity contribution in [3.63, 3.8) is 0 Å². The number of carbonyl (C=O) groups excluding carboxylic acids is 2. The van der Waals surface area contributed by atoms with Gasteiger partial charge in [-0.2, -0.15) is 0 Å². The first-order valence-corrected chi connectivity index (χ1v) is 9.12. The molecule has 1 aromatic rings. The van der Waals surface area contributed by atoms with Gasteiger partial charge >= 0.3 is 12.1 Å². The minimum atomic E-state index is -1.80. The maximum Gasteiger partial charge on any atom is 0.413 e. The van der Waals surface area contributed by atoms with E-state index in [4.69, 9.17) is 10.8 Å². The molecule has 1 saturated heterocycles. The van der Waals surface area contributed by atoms with Crippen molar-refractivity contribution in [2.45, 2.75) is 73.2 Å². The molecule has 1 amide bonds. The molecule has 2 rings (SSSR count). The van der Waals surface area contributed by atoms with Gasteiger partial charge in [-0.3, -0.25) is 4.90 Å². The summed E-state index contributed by atoms with van der Waals surface area (Å²) in [5.41, 5.74) is 0.000549. The Morgan fingerprint density at radius 2 is 1.85 bits per heavy atom. The smallest absolute Gasteiger partial charge is 0.413 e. The summed E-state index contributed by atoms with van der Waals surface area (Å²) in [6.07, 6.45) is -0.596. The molecule has 0 saturated carbocycles. The summed E-state index contributed by atoms with van der Waals surface area (Å²) < 4.78 is 19.9. The molecule has 1 fully saturated rings. The van der Waals surface area contributed by atoms with Crippen LogP contribution in [-0.2, 0) is 20.9 Å². The van der Waals surface area contributed by atoms with E-state index in [-0.39, 0.29) is 18.4 Å². The predicted molar refractivity (Wildman–Crippen MR) is 100 cm³/mol. The van der Waals surface area contributed by atoms with E-state index < -0.39 is 29.7 Å². The van der Waals surface area contributed by atoms with Gasteiger partial charge in [0.15, 0.2) is 6.23 Å². The van der Waals surface area contributed by atoms with Gasteiger partial charge in [0.25, 0.3) is 0 Å². The normalized spacial score (nSPS) is 24.2. The highest BCUT2D eigenvalue weighted by molar-refractivity contribution is 5.84. The Balaban J connectivity index is 2.31. The SMILES string of the molecule is [2H][C@]1(CC(C)(C)CC)C(=O)O[C@@H](C(C)(C)C)N1C(=O)OCc1ccccc1.